The van der Waals surface area contributed by atoms with E-state index in [2.05, 4.69) is 0 Å². The summed E-state index contributed by atoms with van der Waals surface area (Å²) >= 11 is 5.61. The molecule has 0 aliphatic heterocycles. The standard InChI is InChI=1S/C13H11ClO4/c1-18-12-10(14)11(16)13(12,17)7-9(15)8-5-3-2-4-6-8/h2-6,17H,7H2,1H3. The van der Waals surface area contributed by atoms with E-state index < -0.39 is 11.4 Å². The van der Waals surface area contributed by atoms with Crippen molar-refractivity contribution in [2.45, 2.75) is 12.0 Å². The van der Waals surface area contributed by atoms with Crippen LogP contribution >= 0.6 is 11.6 Å². The second-order valence-corrected chi connectivity index (χ2v) is 4.38. The maximum Gasteiger partial charge on any atom is 0.217 e. The summed E-state index contributed by atoms with van der Waals surface area (Å²) in [5.74, 6) is -1.06. The fraction of sp³-hybridized carbons (Fsp3) is 0.231. The Morgan fingerprint density at radius 1 is 1.39 bits per heavy atom. The van der Waals surface area contributed by atoms with E-state index in [1.807, 2.05) is 0 Å². The number of hydrogen-bond acceptors (Lipinski definition) is 4. The zero-order valence-electron chi connectivity index (χ0n) is 9.64. The van der Waals surface area contributed by atoms with Gasteiger partial charge in [-0.25, -0.2) is 0 Å². The zero-order chi connectivity index (χ0) is 13.3. The lowest BCUT2D eigenvalue weighted by molar-refractivity contribution is -0.137. The molecule has 2 rings (SSSR count). The number of carbonyl (C=O) groups excluding carboxylic acids is 2. The number of halogens is 1. The van der Waals surface area contributed by atoms with Gasteiger partial charge >= 0.3 is 0 Å². The minimum Gasteiger partial charge on any atom is -0.496 e. The van der Waals surface area contributed by atoms with E-state index in [9.17, 15) is 14.7 Å². The normalized spacial score (nSPS) is 22.7. The molecule has 1 aromatic rings. The smallest absolute Gasteiger partial charge is 0.217 e. The first-order chi connectivity index (χ1) is 8.50. The third-order valence-corrected chi connectivity index (χ3v) is 3.21. The molecule has 4 nitrogen and oxygen atoms in total. The van der Waals surface area contributed by atoms with Crippen molar-refractivity contribution in [1.82, 2.24) is 0 Å². The van der Waals surface area contributed by atoms with Gasteiger partial charge in [0.1, 0.15) is 5.03 Å². The van der Waals surface area contributed by atoms with Crippen LogP contribution < -0.4 is 0 Å². The van der Waals surface area contributed by atoms with Crippen molar-refractivity contribution in [1.29, 1.82) is 0 Å². The fourth-order valence-corrected chi connectivity index (χ4v) is 2.27. The SMILES string of the molecule is COC1=C(Cl)C(=O)C1(O)CC(=O)c1ccccc1. The van der Waals surface area contributed by atoms with Crippen LogP contribution in [0.1, 0.15) is 16.8 Å². The molecule has 1 aliphatic rings. The van der Waals surface area contributed by atoms with Crippen LogP contribution in [0.4, 0.5) is 0 Å². The van der Waals surface area contributed by atoms with Crippen LogP contribution in [0, 0.1) is 0 Å². The van der Waals surface area contributed by atoms with Gasteiger partial charge < -0.3 is 9.84 Å². The number of aliphatic hydroxyl groups is 1. The van der Waals surface area contributed by atoms with Gasteiger partial charge in [-0.05, 0) is 0 Å². The predicted molar refractivity (Wildman–Crippen MR) is 65.2 cm³/mol. The van der Waals surface area contributed by atoms with Gasteiger partial charge in [-0.15, -0.1) is 0 Å². The summed E-state index contributed by atoms with van der Waals surface area (Å²) in [5, 5.41) is 9.95. The molecule has 5 heteroatoms. The van der Waals surface area contributed by atoms with Crippen LogP contribution in [0.3, 0.4) is 0 Å². The van der Waals surface area contributed by atoms with E-state index in [-0.39, 0.29) is 23.0 Å². The highest BCUT2D eigenvalue weighted by atomic mass is 35.5. The molecular formula is C13H11ClO4. The van der Waals surface area contributed by atoms with Crippen LogP contribution in [-0.4, -0.2) is 29.4 Å². The Balaban J connectivity index is 2.21. The van der Waals surface area contributed by atoms with E-state index in [1.54, 1.807) is 30.3 Å². The molecule has 1 unspecified atom stereocenters. The molecule has 0 spiro atoms. The number of hydrogen-bond donors (Lipinski definition) is 1. The number of benzene rings is 1. The summed E-state index contributed by atoms with van der Waals surface area (Å²) in [4.78, 5) is 23.5. The van der Waals surface area contributed by atoms with Crippen molar-refractivity contribution in [3.05, 3.63) is 46.7 Å². The monoisotopic (exact) mass is 266 g/mol. The molecule has 0 bridgehead atoms. The lowest BCUT2D eigenvalue weighted by Gasteiger charge is -2.35. The average Bonchev–Trinajstić information content (AvgIpc) is 2.39. The molecule has 1 aromatic carbocycles. The first-order valence-electron chi connectivity index (χ1n) is 5.30. The van der Waals surface area contributed by atoms with Gasteiger partial charge in [0.05, 0.1) is 13.5 Å². The quantitative estimate of drug-likeness (QED) is 0.842. The summed E-state index contributed by atoms with van der Waals surface area (Å²) in [7, 11) is 1.29. The maximum absolute atomic E-state index is 11.9. The first-order valence-corrected chi connectivity index (χ1v) is 5.68. The highest BCUT2D eigenvalue weighted by Gasteiger charge is 2.55. The van der Waals surface area contributed by atoms with Gasteiger partial charge in [-0.1, -0.05) is 41.9 Å². The van der Waals surface area contributed by atoms with E-state index >= 15 is 0 Å². The number of rotatable bonds is 4. The first kappa shape index (κ1) is 12.8. The molecule has 0 saturated heterocycles. The highest BCUT2D eigenvalue weighted by Crippen LogP contribution is 2.40. The van der Waals surface area contributed by atoms with E-state index in [1.165, 1.54) is 7.11 Å². The molecule has 0 aromatic heterocycles. The predicted octanol–water partition coefficient (Wildman–Crippen LogP) is 1.67. The zero-order valence-corrected chi connectivity index (χ0v) is 10.4. The van der Waals surface area contributed by atoms with Crippen LogP contribution in [0.25, 0.3) is 0 Å². The van der Waals surface area contributed by atoms with E-state index in [0.717, 1.165) is 0 Å². The minimum absolute atomic E-state index is 0.0431. The van der Waals surface area contributed by atoms with Gasteiger partial charge in [0.2, 0.25) is 5.78 Å². The molecule has 94 valence electrons. The van der Waals surface area contributed by atoms with Crippen molar-refractivity contribution in [3.63, 3.8) is 0 Å². The Hall–Kier alpha value is -1.65. The third kappa shape index (κ3) is 1.83. The summed E-state index contributed by atoms with van der Waals surface area (Å²) < 4.78 is 4.85. The van der Waals surface area contributed by atoms with Crippen LogP contribution in [0.2, 0.25) is 0 Å². The van der Waals surface area contributed by atoms with Crippen LogP contribution in [-0.2, 0) is 9.53 Å². The highest BCUT2D eigenvalue weighted by molar-refractivity contribution is 6.48. The van der Waals surface area contributed by atoms with Gasteiger partial charge in [-0.2, -0.15) is 0 Å². The van der Waals surface area contributed by atoms with Crippen molar-refractivity contribution in [3.8, 4) is 0 Å². The summed E-state index contributed by atoms with van der Waals surface area (Å²) in [6, 6.07) is 8.43. The van der Waals surface area contributed by atoms with Gasteiger partial charge in [0.15, 0.2) is 17.1 Å². The minimum atomic E-state index is -1.92. The third-order valence-electron chi connectivity index (χ3n) is 2.87. The van der Waals surface area contributed by atoms with Crippen molar-refractivity contribution >= 4 is 23.2 Å². The summed E-state index contributed by atoms with van der Waals surface area (Å²) in [5.41, 5.74) is -1.49. The number of ketones is 2. The second-order valence-electron chi connectivity index (χ2n) is 4.00. The lowest BCUT2D eigenvalue weighted by Crippen LogP contribution is -2.51. The summed E-state index contributed by atoms with van der Waals surface area (Å²) in [6.07, 6.45) is -0.366. The van der Waals surface area contributed by atoms with Gasteiger partial charge in [-0.3, -0.25) is 9.59 Å². The fourth-order valence-electron chi connectivity index (χ4n) is 1.88. The lowest BCUT2D eigenvalue weighted by atomic mass is 9.79. The molecule has 1 atom stereocenters. The molecule has 1 aliphatic carbocycles. The Labute approximate surface area is 109 Å². The number of methoxy groups -OCH3 is 1. The molecule has 0 heterocycles. The molecule has 0 radical (unpaired) electrons. The Morgan fingerprint density at radius 2 is 2.00 bits per heavy atom. The summed E-state index contributed by atoms with van der Waals surface area (Å²) in [6.45, 7) is 0. The van der Waals surface area contributed by atoms with Gasteiger partial charge in [0, 0.05) is 5.56 Å². The number of carbonyl (C=O) groups is 2. The Morgan fingerprint density at radius 3 is 2.56 bits per heavy atom. The molecule has 0 fully saturated rings. The van der Waals surface area contributed by atoms with Gasteiger partial charge in [0.25, 0.3) is 0 Å². The molecule has 0 amide bonds. The molecule has 0 saturated carbocycles. The maximum atomic E-state index is 11.9. The van der Waals surface area contributed by atoms with Crippen molar-refractivity contribution < 1.29 is 19.4 Å². The second kappa shape index (κ2) is 4.55. The van der Waals surface area contributed by atoms with Crippen molar-refractivity contribution in [2.24, 2.45) is 0 Å². The Bertz CT molecular complexity index is 535. The largest absolute Gasteiger partial charge is 0.496 e. The molecule has 1 N–H and O–H groups in total. The average molecular weight is 267 g/mol. The number of Topliss-reactive ketones (excluding diaryl/α,β-unsaturated/α-hetero) is 2. The molecular weight excluding hydrogens is 256 g/mol. The van der Waals surface area contributed by atoms with Crippen molar-refractivity contribution in [2.75, 3.05) is 7.11 Å². The topological polar surface area (TPSA) is 63.6 Å². The van der Waals surface area contributed by atoms with Crippen LogP contribution in [0.15, 0.2) is 41.1 Å². The molecule has 18 heavy (non-hydrogen) atoms. The number of ether oxygens (including phenoxy) is 1. The Kier molecular flexibility index (Phi) is 3.24. The van der Waals surface area contributed by atoms with E-state index in [4.69, 9.17) is 16.3 Å². The van der Waals surface area contributed by atoms with E-state index in [0.29, 0.717) is 5.56 Å². The van der Waals surface area contributed by atoms with Crippen LogP contribution in [0.5, 0.6) is 0 Å².